The molecule has 5 nitrogen and oxygen atoms in total. The quantitative estimate of drug-likeness (QED) is 0.630. The Kier molecular flexibility index (Phi) is 5.11. The van der Waals surface area contributed by atoms with Crippen molar-refractivity contribution in [3.63, 3.8) is 0 Å². The topological polar surface area (TPSA) is 67.1 Å². The summed E-state index contributed by atoms with van der Waals surface area (Å²) >= 11 is 0. The largest absolute Gasteiger partial charge is 0.326 e. The highest BCUT2D eigenvalue weighted by Crippen LogP contribution is 2.30. The molecule has 0 fully saturated rings. The lowest BCUT2D eigenvalue weighted by molar-refractivity contribution is 0.876. The van der Waals surface area contributed by atoms with Crippen LogP contribution in [0.3, 0.4) is 0 Å². The van der Waals surface area contributed by atoms with E-state index in [-0.39, 0.29) is 0 Å². The second-order valence-electron chi connectivity index (χ2n) is 5.00. The van der Waals surface area contributed by atoms with Gasteiger partial charge < -0.3 is 10.3 Å². The molecular weight excluding hydrogens is 262 g/mol. The molecule has 0 amide bonds. The van der Waals surface area contributed by atoms with Gasteiger partial charge in [0, 0.05) is 17.8 Å². The summed E-state index contributed by atoms with van der Waals surface area (Å²) < 4.78 is 0. The Balaban J connectivity index is 2.51. The van der Waals surface area contributed by atoms with Crippen LogP contribution in [0.1, 0.15) is 31.4 Å². The van der Waals surface area contributed by atoms with Gasteiger partial charge in [-0.2, -0.15) is 0 Å². The molecule has 21 heavy (non-hydrogen) atoms. The number of aromatic nitrogens is 2. The van der Waals surface area contributed by atoms with Crippen molar-refractivity contribution in [2.45, 2.75) is 33.6 Å². The Morgan fingerprint density at radius 1 is 1.24 bits per heavy atom. The van der Waals surface area contributed by atoms with Crippen molar-refractivity contribution in [1.29, 1.82) is 0 Å². The highest BCUT2D eigenvalue weighted by Gasteiger charge is 2.16. The molecule has 5 heteroatoms. The minimum Gasteiger partial charge on any atom is -0.326 e. The fourth-order valence-electron chi connectivity index (χ4n) is 2.49. The van der Waals surface area contributed by atoms with E-state index in [2.05, 4.69) is 65.3 Å². The standard InChI is InChI=1S/C16H23N5/c1-4-7-14-15(20-17)18-11-19-16(14)21(5-2)13-9-6-8-12(3)10-13/h6,8-11H,4-5,7,17H2,1-3H3,(H,18,19,20). The van der Waals surface area contributed by atoms with Crippen LogP contribution in [0.15, 0.2) is 30.6 Å². The third-order valence-electron chi connectivity index (χ3n) is 3.44. The van der Waals surface area contributed by atoms with E-state index in [1.807, 2.05) is 0 Å². The molecule has 0 saturated heterocycles. The summed E-state index contributed by atoms with van der Waals surface area (Å²) in [5.41, 5.74) is 6.11. The zero-order valence-corrected chi connectivity index (χ0v) is 12.9. The molecule has 0 atom stereocenters. The van der Waals surface area contributed by atoms with Gasteiger partial charge in [0.2, 0.25) is 0 Å². The van der Waals surface area contributed by atoms with Crippen molar-refractivity contribution in [3.05, 3.63) is 41.7 Å². The molecule has 0 aliphatic heterocycles. The maximum absolute atomic E-state index is 5.60. The zero-order chi connectivity index (χ0) is 15.2. The van der Waals surface area contributed by atoms with Crippen molar-refractivity contribution in [3.8, 4) is 0 Å². The lowest BCUT2D eigenvalue weighted by atomic mass is 10.1. The molecule has 0 bridgehead atoms. The van der Waals surface area contributed by atoms with E-state index in [1.165, 1.54) is 5.56 Å². The van der Waals surface area contributed by atoms with Crippen LogP contribution in [-0.2, 0) is 6.42 Å². The number of nitrogen functional groups attached to an aromatic ring is 1. The predicted octanol–water partition coefficient (Wildman–Crippen LogP) is 3.18. The first-order valence-electron chi connectivity index (χ1n) is 7.35. The van der Waals surface area contributed by atoms with Crippen molar-refractivity contribution in [2.75, 3.05) is 16.9 Å². The van der Waals surface area contributed by atoms with Gasteiger partial charge >= 0.3 is 0 Å². The molecule has 0 aliphatic rings. The number of benzene rings is 1. The second kappa shape index (κ2) is 7.04. The number of aryl methyl sites for hydroxylation is 1. The summed E-state index contributed by atoms with van der Waals surface area (Å²) in [4.78, 5) is 10.9. The number of hydrogen-bond acceptors (Lipinski definition) is 5. The van der Waals surface area contributed by atoms with Gasteiger partial charge in [-0.15, -0.1) is 0 Å². The number of hydrogen-bond donors (Lipinski definition) is 2. The van der Waals surface area contributed by atoms with Gasteiger partial charge in [0.25, 0.3) is 0 Å². The number of anilines is 3. The van der Waals surface area contributed by atoms with Crippen LogP contribution in [0.25, 0.3) is 0 Å². The van der Waals surface area contributed by atoms with Gasteiger partial charge in [-0.1, -0.05) is 25.5 Å². The lowest BCUT2D eigenvalue weighted by Crippen LogP contribution is -2.21. The maximum atomic E-state index is 5.60. The van der Waals surface area contributed by atoms with Gasteiger partial charge in [0.05, 0.1) is 0 Å². The maximum Gasteiger partial charge on any atom is 0.148 e. The monoisotopic (exact) mass is 285 g/mol. The van der Waals surface area contributed by atoms with Crippen LogP contribution in [0.4, 0.5) is 17.3 Å². The third-order valence-corrected chi connectivity index (χ3v) is 3.44. The second-order valence-corrected chi connectivity index (χ2v) is 5.00. The van der Waals surface area contributed by atoms with Crippen molar-refractivity contribution in [1.82, 2.24) is 9.97 Å². The highest BCUT2D eigenvalue weighted by molar-refractivity contribution is 5.67. The molecule has 0 aliphatic carbocycles. The molecule has 1 heterocycles. The number of rotatable bonds is 6. The molecule has 112 valence electrons. The summed E-state index contributed by atoms with van der Waals surface area (Å²) in [6.07, 6.45) is 3.46. The van der Waals surface area contributed by atoms with Gasteiger partial charge in [-0.05, 0) is 38.0 Å². The van der Waals surface area contributed by atoms with Crippen LogP contribution in [0.5, 0.6) is 0 Å². The Morgan fingerprint density at radius 2 is 2.05 bits per heavy atom. The molecule has 0 saturated carbocycles. The first kappa shape index (κ1) is 15.3. The molecule has 3 N–H and O–H groups in total. The van der Waals surface area contributed by atoms with Crippen molar-refractivity contribution >= 4 is 17.3 Å². The Bertz CT molecular complexity index is 597. The number of hydrazine groups is 1. The summed E-state index contributed by atoms with van der Waals surface area (Å²) in [6.45, 7) is 7.19. The average molecular weight is 285 g/mol. The van der Waals surface area contributed by atoms with Crippen LogP contribution in [0.2, 0.25) is 0 Å². The van der Waals surface area contributed by atoms with Gasteiger partial charge in [0.1, 0.15) is 18.0 Å². The van der Waals surface area contributed by atoms with Crippen molar-refractivity contribution in [2.24, 2.45) is 5.84 Å². The fourth-order valence-corrected chi connectivity index (χ4v) is 2.49. The summed E-state index contributed by atoms with van der Waals surface area (Å²) in [5.74, 6) is 7.22. The van der Waals surface area contributed by atoms with E-state index >= 15 is 0 Å². The lowest BCUT2D eigenvalue weighted by Gasteiger charge is -2.25. The van der Waals surface area contributed by atoms with E-state index < -0.39 is 0 Å². The molecule has 0 radical (unpaired) electrons. The molecule has 1 aromatic carbocycles. The van der Waals surface area contributed by atoms with Gasteiger partial charge in [-0.3, -0.25) is 0 Å². The predicted molar refractivity (Wildman–Crippen MR) is 87.7 cm³/mol. The van der Waals surface area contributed by atoms with Crippen LogP contribution < -0.4 is 16.2 Å². The minimum absolute atomic E-state index is 0.702. The van der Waals surface area contributed by atoms with E-state index in [4.69, 9.17) is 5.84 Å². The molecule has 0 spiro atoms. The smallest absolute Gasteiger partial charge is 0.148 e. The normalized spacial score (nSPS) is 10.5. The average Bonchev–Trinajstić information content (AvgIpc) is 2.50. The van der Waals surface area contributed by atoms with Crippen molar-refractivity contribution < 1.29 is 0 Å². The Hall–Kier alpha value is -2.14. The van der Waals surface area contributed by atoms with Gasteiger partial charge in [0.15, 0.2) is 0 Å². The first-order valence-corrected chi connectivity index (χ1v) is 7.35. The van der Waals surface area contributed by atoms with Crippen LogP contribution in [0, 0.1) is 6.92 Å². The van der Waals surface area contributed by atoms with E-state index in [0.29, 0.717) is 5.82 Å². The summed E-state index contributed by atoms with van der Waals surface area (Å²) in [6, 6.07) is 8.42. The minimum atomic E-state index is 0.702. The third kappa shape index (κ3) is 3.31. The van der Waals surface area contributed by atoms with Gasteiger partial charge in [-0.25, -0.2) is 15.8 Å². The summed E-state index contributed by atoms with van der Waals surface area (Å²) in [5, 5.41) is 0. The number of nitrogens with one attached hydrogen (secondary N) is 1. The molecule has 2 aromatic rings. The Labute approximate surface area is 126 Å². The van der Waals surface area contributed by atoms with E-state index in [9.17, 15) is 0 Å². The van der Waals surface area contributed by atoms with Crippen LogP contribution in [-0.4, -0.2) is 16.5 Å². The molecule has 2 rings (SSSR count). The molecular formula is C16H23N5. The van der Waals surface area contributed by atoms with E-state index in [0.717, 1.165) is 36.5 Å². The highest BCUT2D eigenvalue weighted by atomic mass is 15.3. The Morgan fingerprint density at radius 3 is 2.67 bits per heavy atom. The van der Waals surface area contributed by atoms with E-state index in [1.54, 1.807) is 6.33 Å². The SMILES string of the molecule is CCCc1c(NN)ncnc1N(CC)c1cccc(C)c1. The molecule has 0 unspecified atom stereocenters. The first-order chi connectivity index (χ1) is 10.2. The summed E-state index contributed by atoms with van der Waals surface area (Å²) in [7, 11) is 0. The fraction of sp³-hybridized carbons (Fsp3) is 0.375. The number of nitrogens with zero attached hydrogens (tertiary/aromatic N) is 3. The van der Waals surface area contributed by atoms with Crippen LogP contribution >= 0.6 is 0 Å². The zero-order valence-electron chi connectivity index (χ0n) is 12.9. The number of nitrogens with two attached hydrogens (primary N) is 1. The molecule has 1 aromatic heterocycles.